The van der Waals surface area contributed by atoms with E-state index in [1.165, 1.54) is 0 Å². The van der Waals surface area contributed by atoms with Gasteiger partial charge in [0, 0.05) is 37.0 Å². The fourth-order valence-electron chi connectivity index (χ4n) is 3.81. The number of hydrogen-bond donors (Lipinski definition) is 2. The van der Waals surface area contributed by atoms with Crippen molar-refractivity contribution in [1.29, 1.82) is 0 Å². The number of carbonyl (C=O) groups is 1. The Morgan fingerprint density at radius 2 is 1.83 bits per heavy atom. The third kappa shape index (κ3) is 3.23. The van der Waals surface area contributed by atoms with E-state index in [-0.39, 0.29) is 11.8 Å². The number of carbonyl (C=O) groups excluding carboxylic acids is 1. The van der Waals surface area contributed by atoms with Crippen LogP contribution in [0.4, 0.5) is 0 Å². The average molecular weight is 399 g/mol. The topological polar surface area (TPSA) is 95.0 Å². The van der Waals surface area contributed by atoms with Crippen molar-refractivity contribution in [2.45, 2.75) is 18.9 Å². The van der Waals surface area contributed by atoms with Crippen LogP contribution >= 0.6 is 0 Å². The highest BCUT2D eigenvalue weighted by molar-refractivity contribution is 5.94. The third-order valence-electron chi connectivity index (χ3n) is 5.54. The molecule has 0 unspecified atom stereocenters. The van der Waals surface area contributed by atoms with Gasteiger partial charge in [0.25, 0.3) is 5.91 Å². The number of likely N-dealkylation sites (tertiary alicyclic amines) is 1. The molecule has 2 N–H and O–H groups in total. The molecular formula is C23H21N5O2. The zero-order chi connectivity index (χ0) is 20.7. The number of H-pyrrole nitrogens is 1. The lowest BCUT2D eigenvalue weighted by Crippen LogP contribution is -2.49. The van der Waals surface area contributed by atoms with Gasteiger partial charge in [-0.2, -0.15) is 0 Å². The quantitative estimate of drug-likeness (QED) is 0.549. The maximum Gasteiger partial charge on any atom is 0.289 e. The number of rotatable bonds is 4. The normalized spacial score (nSPS) is 15.2. The van der Waals surface area contributed by atoms with Crippen molar-refractivity contribution in [2.24, 2.45) is 0 Å². The average Bonchev–Trinajstić information content (AvgIpc) is 3.17. The zero-order valence-corrected chi connectivity index (χ0v) is 16.5. The predicted octanol–water partition coefficient (Wildman–Crippen LogP) is 3.31. The summed E-state index contributed by atoms with van der Waals surface area (Å²) in [6, 6.07) is 15.3. The molecule has 1 amide bonds. The highest BCUT2D eigenvalue weighted by atomic mass is 16.3. The fraction of sp³-hybridized carbons (Fsp3) is 0.217. The van der Waals surface area contributed by atoms with Crippen molar-refractivity contribution in [1.82, 2.24) is 24.8 Å². The van der Waals surface area contributed by atoms with Gasteiger partial charge in [0.2, 0.25) is 0 Å². The molecule has 0 bridgehead atoms. The minimum atomic E-state index is -0.509. The molecule has 1 atom stereocenters. The third-order valence-corrected chi connectivity index (χ3v) is 5.54. The fourth-order valence-corrected chi connectivity index (χ4v) is 3.81. The van der Waals surface area contributed by atoms with E-state index in [0.717, 1.165) is 33.5 Å². The van der Waals surface area contributed by atoms with Crippen LogP contribution < -0.4 is 0 Å². The Kier molecular flexibility index (Phi) is 4.52. The predicted molar refractivity (Wildman–Crippen MR) is 113 cm³/mol. The summed E-state index contributed by atoms with van der Waals surface area (Å²) in [5.74, 6) is 0.385. The standard InChI is InChI=1S/C23H21N5O2/c1-14(29)15-6-8-16(9-7-15)20-21(25-11-10-24-20)17-12-28(13-17)23(30)22-26-18-4-2-3-5-19(18)27-22/h2-11,14,17,29H,12-13H2,1H3,(H,26,27)/t14-/m1/s1. The van der Waals surface area contributed by atoms with E-state index in [1.807, 2.05) is 48.5 Å². The largest absolute Gasteiger partial charge is 0.389 e. The summed E-state index contributed by atoms with van der Waals surface area (Å²) in [5, 5.41) is 9.72. The van der Waals surface area contributed by atoms with Crippen LogP contribution in [0.1, 0.15) is 40.8 Å². The summed E-state index contributed by atoms with van der Waals surface area (Å²) in [7, 11) is 0. The molecule has 30 heavy (non-hydrogen) atoms. The van der Waals surface area contributed by atoms with Gasteiger partial charge in [0.05, 0.1) is 28.5 Å². The molecule has 0 spiro atoms. The highest BCUT2D eigenvalue weighted by Crippen LogP contribution is 2.33. The van der Waals surface area contributed by atoms with Crippen molar-refractivity contribution in [3.8, 4) is 11.3 Å². The van der Waals surface area contributed by atoms with Crippen LogP contribution in [0.5, 0.6) is 0 Å². The van der Waals surface area contributed by atoms with Crippen LogP contribution in [-0.4, -0.2) is 48.9 Å². The van der Waals surface area contributed by atoms with E-state index in [9.17, 15) is 9.90 Å². The van der Waals surface area contributed by atoms with Crippen molar-refractivity contribution in [2.75, 3.05) is 13.1 Å². The van der Waals surface area contributed by atoms with Crippen molar-refractivity contribution in [3.63, 3.8) is 0 Å². The first-order valence-corrected chi connectivity index (χ1v) is 9.93. The van der Waals surface area contributed by atoms with E-state index < -0.39 is 6.10 Å². The number of nitrogens with one attached hydrogen (secondary N) is 1. The van der Waals surface area contributed by atoms with Crippen LogP contribution in [0.2, 0.25) is 0 Å². The van der Waals surface area contributed by atoms with Gasteiger partial charge in [-0.05, 0) is 24.6 Å². The number of imidazole rings is 1. The lowest BCUT2D eigenvalue weighted by Gasteiger charge is -2.38. The lowest BCUT2D eigenvalue weighted by molar-refractivity contribution is 0.0587. The molecule has 1 saturated heterocycles. The minimum Gasteiger partial charge on any atom is -0.389 e. The number of para-hydroxylation sites is 2. The summed E-state index contributed by atoms with van der Waals surface area (Å²) in [6.45, 7) is 2.89. The van der Waals surface area contributed by atoms with Crippen LogP contribution in [0.25, 0.3) is 22.3 Å². The van der Waals surface area contributed by atoms with E-state index in [0.29, 0.717) is 18.9 Å². The van der Waals surface area contributed by atoms with Gasteiger partial charge in [-0.15, -0.1) is 0 Å². The molecule has 1 aliphatic heterocycles. The second kappa shape index (κ2) is 7.35. The summed E-state index contributed by atoms with van der Waals surface area (Å²) >= 11 is 0. The second-order valence-corrected chi connectivity index (χ2v) is 7.60. The molecule has 0 radical (unpaired) electrons. The first-order chi connectivity index (χ1) is 14.6. The van der Waals surface area contributed by atoms with Crippen LogP contribution in [-0.2, 0) is 0 Å². The van der Waals surface area contributed by atoms with E-state index in [1.54, 1.807) is 24.2 Å². The molecule has 1 aliphatic rings. The smallest absolute Gasteiger partial charge is 0.289 e. The lowest BCUT2D eigenvalue weighted by atomic mass is 9.92. The van der Waals surface area contributed by atoms with Gasteiger partial charge in [0.1, 0.15) is 0 Å². The van der Waals surface area contributed by atoms with E-state index in [4.69, 9.17) is 0 Å². The number of aromatic amines is 1. The molecule has 0 saturated carbocycles. The van der Waals surface area contributed by atoms with Crippen molar-refractivity contribution >= 4 is 16.9 Å². The molecule has 1 fully saturated rings. The number of nitrogens with zero attached hydrogens (tertiary/aromatic N) is 4. The first kappa shape index (κ1) is 18.4. The summed E-state index contributed by atoms with van der Waals surface area (Å²) in [6.07, 6.45) is 2.86. The summed E-state index contributed by atoms with van der Waals surface area (Å²) in [5.41, 5.74) is 5.15. The molecule has 150 valence electrons. The Morgan fingerprint density at radius 1 is 1.10 bits per heavy atom. The molecule has 4 aromatic rings. The molecule has 2 aromatic heterocycles. The van der Waals surface area contributed by atoms with Gasteiger partial charge in [-0.3, -0.25) is 14.8 Å². The molecule has 2 aromatic carbocycles. The van der Waals surface area contributed by atoms with E-state index >= 15 is 0 Å². The molecule has 7 nitrogen and oxygen atoms in total. The number of aliphatic hydroxyl groups excluding tert-OH is 1. The highest BCUT2D eigenvalue weighted by Gasteiger charge is 2.36. The Balaban J connectivity index is 1.34. The van der Waals surface area contributed by atoms with Gasteiger partial charge in [0.15, 0.2) is 5.82 Å². The zero-order valence-electron chi connectivity index (χ0n) is 16.5. The maximum atomic E-state index is 12.8. The Hall–Kier alpha value is -3.58. The Morgan fingerprint density at radius 3 is 2.57 bits per heavy atom. The van der Waals surface area contributed by atoms with Gasteiger partial charge in [-0.1, -0.05) is 36.4 Å². The SMILES string of the molecule is C[C@@H](O)c1ccc(-c2nccnc2C2CN(C(=O)c3nc4ccccc4[nH]3)C2)cc1. The molecule has 0 aliphatic carbocycles. The minimum absolute atomic E-state index is 0.103. The van der Waals surface area contributed by atoms with Crippen LogP contribution in [0.15, 0.2) is 60.9 Å². The monoisotopic (exact) mass is 399 g/mol. The Bertz CT molecular complexity index is 1180. The number of benzene rings is 2. The molecule has 5 rings (SSSR count). The number of hydrogen-bond acceptors (Lipinski definition) is 5. The molecular weight excluding hydrogens is 378 g/mol. The molecule has 3 heterocycles. The number of amides is 1. The van der Waals surface area contributed by atoms with Crippen LogP contribution in [0, 0.1) is 0 Å². The Labute approximate surface area is 173 Å². The van der Waals surface area contributed by atoms with Crippen molar-refractivity contribution in [3.05, 3.63) is 78.0 Å². The number of fused-ring (bicyclic) bond motifs is 1. The maximum absolute atomic E-state index is 12.8. The first-order valence-electron chi connectivity index (χ1n) is 9.93. The summed E-state index contributed by atoms with van der Waals surface area (Å²) < 4.78 is 0. The van der Waals surface area contributed by atoms with Gasteiger partial charge in [-0.25, -0.2) is 4.98 Å². The number of aromatic nitrogens is 4. The van der Waals surface area contributed by atoms with Crippen molar-refractivity contribution < 1.29 is 9.90 Å². The second-order valence-electron chi connectivity index (χ2n) is 7.60. The van der Waals surface area contributed by atoms with Gasteiger partial charge < -0.3 is 15.0 Å². The van der Waals surface area contributed by atoms with Gasteiger partial charge >= 0.3 is 0 Å². The molecule has 7 heteroatoms. The van der Waals surface area contributed by atoms with Crippen LogP contribution in [0.3, 0.4) is 0 Å². The van der Waals surface area contributed by atoms with E-state index in [2.05, 4.69) is 19.9 Å². The summed E-state index contributed by atoms with van der Waals surface area (Å²) in [4.78, 5) is 31.2. The number of aliphatic hydroxyl groups is 1.